The van der Waals surface area contributed by atoms with E-state index in [2.05, 4.69) is 24.1 Å². The number of hydrogen-bond acceptors (Lipinski definition) is 6. The molecule has 4 rings (SSSR count). The largest absolute Gasteiger partial charge is 0.466 e. The highest BCUT2D eigenvalue weighted by molar-refractivity contribution is 5.79. The number of nitriles is 1. The van der Waals surface area contributed by atoms with E-state index in [0.717, 1.165) is 29.7 Å². The molecule has 1 aromatic heterocycles. The lowest BCUT2D eigenvalue weighted by molar-refractivity contribution is -0.149. The minimum Gasteiger partial charge on any atom is -0.466 e. The highest BCUT2D eigenvalue weighted by Gasteiger charge is 2.60. The van der Waals surface area contributed by atoms with Crippen molar-refractivity contribution >= 4 is 18.0 Å². The predicted octanol–water partition coefficient (Wildman–Crippen LogP) is 5.43. The van der Waals surface area contributed by atoms with Crippen LogP contribution in [-0.2, 0) is 19.1 Å². The standard InChI is InChI=1S/C29H32N2O4/c1-18-15-29(4)27(19(2)35-28(29)33)26(24(18)13-14-34-20(3)32)12-11-23-10-9-22(17-31-23)25-8-6-5-7-21(25)16-30/h5-12,17-19,24,26-27H,13-15H2,1-4H3/b12-11+/t18-,19+,24?,26-,27-,29+/m0/s1. The molecular formula is C29H32N2O4. The monoisotopic (exact) mass is 472 g/mol. The fraction of sp³-hybridized carbons (Fsp3) is 0.448. The zero-order valence-electron chi connectivity index (χ0n) is 20.7. The van der Waals surface area contributed by atoms with Crippen molar-refractivity contribution in [2.45, 2.75) is 46.6 Å². The molecule has 1 aromatic carbocycles. The van der Waals surface area contributed by atoms with E-state index in [1.165, 1.54) is 6.92 Å². The number of aromatic nitrogens is 1. The third-order valence-corrected chi connectivity index (χ3v) is 7.78. The molecule has 35 heavy (non-hydrogen) atoms. The summed E-state index contributed by atoms with van der Waals surface area (Å²) in [4.78, 5) is 28.7. The summed E-state index contributed by atoms with van der Waals surface area (Å²) in [5.41, 5.74) is 2.64. The number of hydrogen-bond donors (Lipinski definition) is 0. The van der Waals surface area contributed by atoms with E-state index in [1.54, 1.807) is 12.3 Å². The molecule has 0 N–H and O–H groups in total. The van der Waals surface area contributed by atoms with Gasteiger partial charge < -0.3 is 9.47 Å². The Balaban J connectivity index is 1.61. The molecule has 6 heteroatoms. The molecule has 0 amide bonds. The number of carbonyl (C=O) groups excluding carboxylic acids is 2. The van der Waals surface area contributed by atoms with E-state index in [-0.39, 0.29) is 41.7 Å². The Morgan fingerprint density at radius 3 is 2.74 bits per heavy atom. The highest BCUT2D eigenvalue weighted by Crippen LogP contribution is 2.57. The second-order valence-corrected chi connectivity index (χ2v) is 10.1. The lowest BCUT2D eigenvalue weighted by Gasteiger charge is -2.47. The number of fused-ring (bicyclic) bond motifs is 1. The summed E-state index contributed by atoms with van der Waals surface area (Å²) < 4.78 is 11.0. The zero-order valence-corrected chi connectivity index (χ0v) is 20.7. The molecule has 2 aliphatic rings. The molecular weight excluding hydrogens is 440 g/mol. The molecule has 1 aliphatic carbocycles. The number of carbonyl (C=O) groups is 2. The lowest BCUT2D eigenvalue weighted by Crippen LogP contribution is -2.47. The van der Waals surface area contributed by atoms with Gasteiger partial charge in [-0.2, -0.15) is 5.26 Å². The van der Waals surface area contributed by atoms with Gasteiger partial charge in [0.15, 0.2) is 0 Å². The van der Waals surface area contributed by atoms with Gasteiger partial charge in [0.05, 0.1) is 29.3 Å². The third kappa shape index (κ3) is 4.86. The van der Waals surface area contributed by atoms with E-state index in [4.69, 9.17) is 9.47 Å². The van der Waals surface area contributed by atoms with Crippen LogP contribution in [0.15, 0.2) is 48.7 Å². The summed E-state index contributed by atoms with van der Waals surface area (Å²) in [6.45, 7) is 7.98. The van der Waals surface area contributed by atoms with Gasteiger partial charge in [-0.25, -0.2) is 0 Å². The van der Waals surface area contributed by atoms with Crippen molar-refractivity contribution in [3.63, 3.8) is 0 Å². The number of ether oxygens (including phenoxy) is 2. The number of benzene rings is 1. The number of nitrogens with zero attached hydrogens (tertiary/aromatic N) is 2. The molecule has 6 nitrogen and oxygen atoms in total. The first-order chi connectivity index (χ1) is 16.7. The van der Waals surface area contributed by atoms with Gasteiger partial charge in [0, 0.05) is 30.2 Å². The second kappa shape index (κ2) is 10.0. The van der Waals surface area contributed by atoms with E-state index >= 15 is 0 Å². The number of esters is 2. The molecule has 2 fully saturated rings. The fourth-order valence-corrected chi connectivity index (χ4v) is 6.24. The Kier molecular flexibility index (Phi) is 7.07. The summed E-state index contributed by atoms with van der Waals surface area (Å²) >= 11 is 0. The molecule has 182 valence electrons. The molecule has 1 saturated heterocycles. The molecule has 0 bridgehead atoms. The SMILES string of the molecule is CC(=O)OCCC1[C@@H](C)C[C@@]2(C)C(=O)O[C@H](C)[C@H]2[C@H]1/C=C/c1ccc(-c2ccccc2C#N)cn1. The first-order valence-electron chi connectivity index (χ1n) is 12.2. The Labute approximate surface area is 207 Å². The fourth-order valence-electron chi connectivity index (χ4n) is 6.24. The summed E-state index contributed by atoms with van der Waals surface area (Å²) in [5, 5.41) is 9.39. The maximum atomic E-state index is 12.8. The van der Waals surface area contributed by atoms with Crippen LogP contribution in [0, 0.1) is 40.4 Å². The number of rotatable bonds is 6. The van der Waals surface area contributed by atoms with Crippen molar-refractivity contribution in [3.8, 4) is 17.2 Å². The number of cyclic esters (lactones) is 1. The molecule has 0 spiro atoms. The van der Waals surface area contributed by atoms with E-state index < -0.39 is 5.41 Å². The van der Waals surface area contributed by atoms with Crippen molar-refractivity contribution in [2.24, 2.45) is 29.1 Å². The van der Waals surface area contributed by atoms with Crippen LogP contribution >= 0.6 is 0 Å². The average Bonchev–Trinajstić information content (AvgIpc) is 3.06. The Bertz CT molecular complexity index is 1170. The van der Waals surface area contributed by atoms with Crippen LogP contribution in [0.3, 0.4) is 0 Å². The first-order valence-corrected chi connectivity index (χ1v) is 12.2. The van der Waals surface area contributed by atoms with Crippen molar-refractivity contribution in [1.29, 1.82) is 5.26 Å². The Morgan fingerprint density at radius 1 is 1.29 bits per heavy atom. The van der Waals surface area contributed by atoms with Gasteiger partial charge in [-0.3, -0.25) is 14.6 Å². The molecule has 1 unspecified atom stereocenters. The van der Waals surface area contributed by atoms with Crippen LogP contribution in [0.5, 0.6) is 0 Å². The minimum absolute atomic E-state index is 0.0477. The second-order valence-electron chi connectivity index (χ2n) is 10.1. The van der Waals surface area contributed by atoms with E-state index in [0.29, 0.717) is 12.2 Å². The van der Waals surface area contributed by atoms with Gasteiger partial charge in [0.1, 0.15) is 6.10 Å². The van der Waals surface area contributed by atoms with Gasteiger partial charge in [0.2, 0.25) is 0 Å². The molecule has 6 atom stereocenters. The molecule has 1 aliphatic heterocycles. The van der Waals surface area contributed by atoms with Crippen molar-refractivity contribution in [1.82, 2.24) is 4.98 Å². The van der Waals surface area contributed by atoms with Crippen LogP contribution in [0.1, 0.15) is 51.8 Å². The topological polar surface area (TPSA) is 89.3 Å². The van der Waals surface area contributed by atoms with E-state index in [9.17, 15) is 14.9 Å². The van der Waals surface area contributed by atoms with Crippen LogP contribution in [0.2, 0.25) is 0 Å². The van der Waals surface area contributed by atoms with Crippen LogP contribution < -0.4 is 0 Å². The zero-order chi connectivity index (χ0) is 25.2. The van der Waals surface area contributed by atoms with Gasteiger partial charge in [-0.05, 0) is 62.7 Å². The maximum Gasteiger partial charge on any atom is 0.312 e. The van der Waals surface area contributed by atoms with Gasteiger partial charge in [-0.15, -0.1) is 0 Å². The van der Waals surface area contributed by atoms with Crippen molar-refractivity contribution in [3.05, 3.63) is 59.9 Å². The average molecular weight is 473 g/mol. The van der Waals surface area contributed by atoms with E-state index in [1.807, 2.05) is 50.3 Å². The third-order valence-electron chi connectivity index (χ3n) is 7.78. The normalized spacial score (nSPS) is 29.9. The molecule has 2 heterocycles. The number of allylic oxidation sites excluding steroid dienone is 1. The maximum absolute atomic E-state index is 12.8. The summed E-state index contributed by atoms with van der Waals surface area (Å²) in [7, 11) is 0. The van der Waals surface area contributed by atoms with Gasteiger partial charge in [0.25, 0.3) is 0 Å². The minimum atomic E-state index is -0.524. The molecule has 2 aromatic rings. The quantitative estimate of drug-likeness (QED) is 0.521. The smallest absolute Gasteiger partial charge is 0.312 e. The predicted molar refractivity (Wildman–Crippen MR) is 133 cm³/mol. The van der Waals surface area contributed by atoms with Crippen LogP contribution in [-0.4, -0.2) is 29.6 Å². The Morgan fingerprint density at radius 2 is 2.06 bits per heavy atom. The van der Waals surface area contributed by atoms with Crippen LogP contribution in [0.4, 0.5) is 0 Å². The first kappa shape index (κ1) is 24.7. The molecule has 1 saturated carbocycles. The van der Waals surface area contributed by atoms with Gasteiger partial charge >= 0.3 is 11.9 Å². The number of pyridine rings is 1. The summed E-state index contributed by atoms with van der Waals surface area (Å²) in [6.07, 6.45) is 7.29. The summed E-state index contributed by atoms with van der Waals surface area (Å²) in [6, 6.07) is 13.6. The van der Waals surface area contributed by atoms with Crippen LogP contribution in [0.25, 0.3) is 17.2 Å². The van der Waals surface area contributed by atoms with Crippen molar-refractivity contribution in [2.75, 3.05) is 6.61 Å². The van der Waals surface area contributed by atoms with Gasteiger partial charge in [-0.1, -0.05) is 37.3 Å². The summed E-state index contributed by atoms with van der Waals surface area (Å²) in [5.74, 6) is 0.269. The lowest BCUT2D eigenvalue weighted by atomic mass is 9.54. The Hall–Kier alpha value is -3.46. The van der Waals surface area contributed by atoms with Crippen molar-refractivity contribution < 1.29 is 19.1 Å². The highest BCUT2D eigenvalue weighted by atomic mass is 16.6. The molecule has 0 radical (unpaired) electrons.